The Labute approximate surface area is 189 Å². The van der Waals surface area contributed by atoms with Crippen molar-refractivity contribution in [1.82, 2.24) is 14.6 Å². The van der Waals surface area contributed by atoms with Crippen LogP contribution in [0.25, 0.3) is 16.6 Å². The molecule has 1 N–H and O–H groups in total. The van der Waals surface area contributed by atoms with E-state index in [0.29, 0.717) is 22.2 Å². The predicted molar refractivity (Wildman–Crippen MR) is 125 cm³/mol. The lowest BCUT2D eigenvalue weighted by molar-refractivity contribution is -0.118. The Morgan fingerprint density at radius 1 is 1.12 bits per heavy atom. The second kappa shape index (κ2) is 7.63. The Bertz CT molecular complexity index is 1430. The van der Waals surface area contributed by atoms with Crippen molar-refractivity contribution in [3.8, 4) is 5.75 Å². The summed E-state index contributed by atoms with van der Waals surface area (Å²) in [7, 11) is 0. The molecule has 1 aliphatic rings. The lowest BCUT2D eigenvalue weighted by atomic mass is 10.0. The number of Topliss-reactive ketones (excluding diaryl/α,β-unsaturated/α-hetero) is 1. The van der Waals surface area contributed by atoms with Crippen molar-refractivity contribution >= 4 is 45.7 Å². The Morgan fingerprint density at radius 3 is 2.75 bits per heavy atom. The molecule has 0 spiro atoms. The molecule has 0 saturated heterocycles. The SMILES string of the molecule is Cc1cc(C)c2c(c1)c(C)cc1nnc(SC(C)C(=O)c3ccc4c(c3)NC(=O)CO4)n12. The van der Waals surface area contributed by atoms with Gasteiger partial charge in [-0.25, -0.2) is 0 Å². The summed E-state index contributed by atoms with van der Waals surface area (Å²) in [6.45, 7) is 8.09. The summed E-state index contributed by atoms with van der Waals surface area (Å²) in [6.07, 6.45) is 0. The van der Waals surface area contributed by atoms with Crippen LogP contribution in [0, 0.1) is 20.8 Å². The Balaban J connectivity index is 1.51. The van der Waals surface area contributed by atoms with Gasteiger partial charge in [0.25, 0.3) is 5.91 Å². The molecule has 0 radical (unpaired) electrons. The van der Waals surface area contributed by atoms with E-state index >= 15 is 0 Å². The van der Waals surface area contributed by atoms with E-state index in [1.54, 1.807) is 18.2 Å². The first kappa shape index (κ1) is 20.5. The van der Waals surface area contributed by atoms with Crippen LogP contribution in [-0.2, 0) is 4.79 Å². The Kier molecular flexibility index (Phi) is 4.89. The molecular formula is C24H22N4O3S. The van der Waals surface area contributed by atoms with Crippen LogP contribution in [0.15, 0.2) is 41.6 Å². The number of nitrogens with zero attached hydrogens (tertiary/aromatic N) is 3. The van der Waals surface area contributed by atoms with Gasteiger partial charge in [-0.1, -0.05) is 23.4 Å². The largest absolute Gasteiger partial charge is 0.482 e. The number of aromatic nitrogens is 3. The van der Waals surface area contributed by atoms with Crippen LogP contribution >= 0.6 is 11.8 Å². The number of benzene rings is 2. The first-order valence-electron chi connectivity index (χ1n) is 10.3. The molecule has 1 amide bonds. The van der Waals surface area contributed by atoms with E-state index in [9.17, 15) is 9.59 Å². The summed E-state index contributed by atoms with van der Waals surface area (Å²) in [5.41, 5.74) is 6.34. The Hall–Kier alpha value is -3.39. The highest BCUT2D eigenvalue weighted by Gasteiger charge is 2.23. The molecule has 4 aromatic rings. The minimum absolute atomic E-state index is 0.0150. The standard InChI is InChI=1S/C24H22N4O3S/c1-12-7-14(3)22-17(8-12)13(2)9-20-26-27-24(28(20)22)32-15(4)23(30)16-5-6-19-18(10-16)25-21(29)11-31-19/h5-10,15H,11H2,1-4H3,(H,25,29). The topological polar surface area (TPSA) is 85.6 Å². The molecule has 162 valence electrons. The van der Waals surface area contributed by atoms with E-state index < -0.39 is 5.25 Å². The fourth-order valence-corrected chi connectivity index (χ4v) is 5.11. The summed E-state index contributed by atoms with van der Waals surface area (Å²) < 4.78 is 7.42. The molecule has 0 aliphatic carbocycles. The van der Waals surface area contributed by atoms with Crippen LogP contribution in [0.4, 0.5) is 5.69 Å². The average molecular weight is 447 g/mol. The number of carbonyl (C=O) groups is 2. The predicted octanol–water partition coefficient (Wildman–Crippen LogP) is 4.50. The van der Waals surface area contributed by atoms with Crippen molar-refractivity contribution in [1.29, 1.82) is 0 Å². The van der Waals surface area contributed by atoms with Crippen LogP contribution in [0.5, 0.6) is 5.75 Å². The van der Waals surface area contributed by atoms with Crippen LogP contribution in [-0.4, -0.2) is 38.1 Å². The summed E-state index contributed by atoms with van der Waals surface area (Å²) >= 11 is 1.38. The summed E-state index contributed by atoms with van der Waals surface area (Å²) in [6, 6.07) is 11.4. The van der Waals surface area contributed by atoms with Gasteiger partial charge in [0.1, 0.15) is 5.75 Å². The van der Waals surface area contributed by atoms with E-state index in [-0.39, 0.29) is 18.3 Å². The number of anilines is 1. The number of aryl methyl sites for hydroxylation is 3. The number of fused-ring (bicyclic) bond motifs is 4. The quantitative estimate of drug-likeness (QED) is 0.367. The molecule has 1 aliphatic heterocycles. The van der Waals surface area contributed by atoms with Gasteiger partial charge in [0.2, 0.25) is 0 Å². The number of ether oxygens (including phenoxy) is 1. The van der Waals surface area contributed by atoms with Gasteiger partial charge in [-0.05, 0) is 69.2 Å². The van der Waals surface area contributed by atoms with Crippen molar-refractivity contribution in [2.75, 3.05) is 11.9 Å². The van der Waals surface area contributed by atoms with Crippen LogP contribution in [0.1, 0.15) is 34.0 Å². The number of carbonyl (C=O) groups excluding carboxylic acids is 2. The fraction of sp³-hybridized carbons (Fsp3) is 0.250. The molecule has 2 aromatic heterocycles. The molecular weight excluding hydrogens is 424 g/mol. The van der Waals surface area contributed by atoms with Crippen LogP contribution in [0.3, 0.4) is 0 Å². The van der Waals surface area contributed by atoms with Gasteiger partial charge in [0.15, 0.2) is 23.2 Å². The van der Waals surface area contributed by atoms with Gasteiger partial charge >= 0.3 is 0 Å². The van der Waals surface area contributed by atoms with E-state index in [2.05, 4.69) is 48.4 Å². The van der Waals surface area contributed by atoms with Crippen molar-refractivity contribution in [3.05, 3.63) is 58.7 Å². The maximum Gasteiger partial charge on any atom is 0.262 e. The molecule has 3 heterocycles. The number of nitrogens with one attached hydrogen (secondary N) is 1. The number of pyridine rings is 1. The third kappa shape index (κ3) is 3.40. The smallest absolute Gasteiger partial charge is 0.262 e. The maximum absolute atomic E-state index is 13.2. The van der Waals surface area contributed by atoms with Gasteiger partial charge in [0, 0.05) is 10.9 Å². The van der Waals surface area contributed by atoms with Crippen molar-refractivity contribution < 1.29 is 14.3 Å². The highest BCUT2D eigenvalue weighted by Crippen LogP contribution is 2.33. The van der Waals surface area contributed by atoms with Crippen LogP contribution in [0.2, 0.25) is 0 Å². The van der Waals surface area contributed by atoms with Crippen molar-refractivity contribution in [2.45, 2.75) is 38.1 Å². The van der Waals surface area contributed by atoms with E-state index in [1.165, 1.54) is 17.3 Å². The van der Waals surface area contributed by atoms with Gasteiger partial charge in [-0.2, -0.15) is 0 Å². The third-order valence-electron chi connectivity index (χ3n) is 5.65. The summed E-state index contributed by atoms with van der Waals surface area (Å²) in [4.78, 5) is 24.8. The fourth-order valence-electron chi connectivity index (χ4n) is 4.17. The molecule has 7 nitrogen and oxygen atoms in total. The molecule has 1 unspecified atom stereocenters. The molecule has 2 aromatic carbocycles. The maximum atomic E-state index is 13.2. The van der Waals surface area contributed by atoms with Crippen molar-refractivity contribution in [3.63, 3.8) is 0 Å². The number of rotatable bonds is 4. The number of hydrogen-bond donors (Lipinski definition) is 1. The number of hydrogen-bond acceptors (Lipinski definition) is 6. The second-order valence-corrected chi connectivity index (χ2v) is 9.46. The van der Waals surface area contributed by atoms with E-state index in [4.69, 9.17) is 4.74 Å². The second-order valence-electron chi connectivity index (χ2n) is 8.15. The number of thioether (sulfide) groups is 1. The minimum Gasteiger partial charge on any atom is -0.482 e. The Morgan fingerprint density at radius 2 is 1.94 bits per heavy atom. The molecule has 1 atom stereocenters. The zero-order valence-corrected chi connectivity index (χ0v) is 19.0. The van der Waals surface area contributed by atoms with E-state index in [0.717, 1.165) is 27.7 Å². The highest BCUT2D eigenvalue weighted by atomic mass is 32.2. The first-order chi connectivity index (χ1) is 15.3. The van der Waals surface area contributed by atoms with E-state index in [1.807, 2.05) is 17.4 Å². The number of ketones is 1. The normalized spacial score (nSPS) is 14.2. The molecule has 0 fully saturated rings. The summed E-state index contributed by atoms with van der Waals surface area (Å²) in [5, 5.41) is 12.9. The lowest BCUT2D eigenvalue weighted by Gasteiger charge is -2.19. The zero-order valence-electron chi connectivity index (χ0n) is 18.2. The average Bonchev–Trinajstić information content (AvgIpc) is 3.14. The molecule has 0 bridgehead atoms. The minimum atomic E-state index is -0.400. The zero-order chi connectivity index (χ0) is 22.6. The monoisotopic (exact) mass is 446 g/mol. The van der Waals surface area contributed by atoms with Gasteiger partial charge in [0.05, 0.1) is 16.5 Å². The van der Waals surface area contributed by atoms with Gasteiger partial charge in [-0.3, -0.25) is 14.0 Å². The summed E-state index contributed by atoms with van der Waals surface area (Å²) in [5.74, 6) is 0.281. The van der Waals surface area contributed by atoms with Gasteiger partial charge in [-0.15, -0.1) is 10.2 Å². The number of amides is 1. The highest BCUT2D eigenvalue weighted by molar-refractivity contribution is 8.00. The van der Waals surface area contributed by atoms with Gasteiger partial charge < -0.3 is 10.1 Å². The van der Waals surface area contributed by atoms with Crippen molar-refractivity contribution in [2.24, 2.45) is 0 Å². The lowest BCUT2D eigenvalue weighted by Crippen LogP contribution is -2.25. The third-order valence-corrected chi connectivity index (χ3v) is 6.69. The first-order valence-corrected chi connectivity index (χ1v) is 11.2. The molecule has 5 rings (SSSR count). The molecule has 8 heteroatoms. The molecule has 0 saturated carbocycles. The van der Waals surface area contributed by atoms with Crippen LogP contribution < -0.4 is 10.1 Å². The molecule has 32 heavy (non-hydrogen) atoms.